The summed E-state index contributed by atoms with van der Waals surface area (Å²) in [4.78, 5) is 25.9. The molecule has 0 amide bonds. The third-order valence-corrected chi connectivity index (χ3v) is 4.64. The van der Waals surface area contributed by atoms with Gasteiger partial charge in [-0.05, 0) is 28.7 Å². The summed E-state index contributed by atoms with van der Waals surface area (Å²) in [5.74, 6) is -0.761. The van der Waals surface area contributed by atoms with Crippen molar-refractivity contribution in [3.05, 3.63) is 35.9 Å². The molecule has 1 unspecified atom stereocenters. The van der Waals surface area contributed by atoms with Crippen LogP contribution in [0.4, 0.5) is 0 Å². The van der Waals surface area contributed by atoms with Crippen molar-refractivity contribution in [3.63, 3.8) is 0 Å². The van der Waals surface area contributed by atoms with Gasteiger partial charge in [0.05, 0.1) is 25.0 Å². The Morgan fingerprint density at radius 1 is 0.857 bits per heavy atom. The highest BCUT2D eigenvalue weighted by molar-refractivity contribution is 5.84. The molecule has 0 aliphatic heterocycles. The third kappa shape index (κ3) is 8.04. The Bertz CT molecular complexity index is 635. The molecule has 4 heteroatoms. The average Bonchev–Trinajstić information content (AvgIpc) is 2.56. The minimum Gasteiger partial charge on any atom is -0.465 e. The molecular weight excluding hydrogens is 352 g/mol. The standard InChI is InChI=1S/C24H38O4/c1-18(2)24(14-19-12-10-9-11-13-19,21(26)28-17-23(6,7)8)15-20(25)27-16-22(3,4)5/h9-13,18H,14-17H2,1-8H3. The number of hydrogen-bond acceptors (Lipinski definition) is 4. The summed E-state index contributed by atoms with van der Waals surface area (Å²) in [5, 5.41) is 0. The average molecular weight is 391 g/mol. The summed E-state index contributed by atoms with van der Waals surface area (Å²) in [6.45, 7) is 16.7. The monoisotopic (exact) mass is 390 g/mol. The fourth-order valence-electron chi connectivity index (χ4n) is 2.84. The Kier molecular flexibility index (Phi) is 8.28. The van der Waals surface area contributed by atoms with Crippen LogP contribution in [0.3, 0.4) is 0 Å². The summed E-state index contributed by atoms with van der Waals surface area (Å²) < 4.78 is 11.2. The number of benzene rings is 1. The van der Waals surface area contributed by atoms with Gasteiger partial charge in [0.15, 0.2) is 0 Å². The Morgan fingerprint density at radius 3 is 1.82 bits per heavy atom. The smallest absolute Gasteiger partial charge is 0.313 e. The first-order valence-corrected chi connectivity index (χ1v) is 10.1. The highest BCUT2D eigenvalue weighted by Gasteiger charge is 2.46. The molecule has 1 rings (SSSR count). The molecule has 0 heterocycles. The predicted octanol–water partition coefficient (Wildman–Crippen LogP) is 5.44. The van der Waals surface area contributed by atoms with E-state index in [0.29, 0.717) is 19.6 Å². The molecule has 0 radical (unpaired) electrons. The van der Waals surface area contributed by atoms with Crippen LogP contribution in [0.15, 0.2) is 30.3 Å². The molecular formula is C24H38O4. The lowest BCUT2D eigenvalue weighted by molar-refractivity contribution is -0.169. The molecule has 0 fully saturated rings. The van der Waals surface area contributed by atoms with Crippen molar-refractivity contribution >= 4 is 11.9 Å². The number of esters is 2. The van der Waals surface area contributed by atoms with Gasteiger partial charge in [0, 0.05) is 0 Å². The molecule has 0 aliphatic rings. The maximum atomic E-state index is 13.3. The highest BCUT2D eigenvalue weighted by Crippen LogP contribution is 2.38. The maximum absolute atomic E-state index is 13.3. The van der Waals surface area contributed by atoms with E-state index in [2.05, 4.69) is 0 Å². The Morgan fingerprint density at radius 2 is 1.36 bits per heavy atom. The number of ether oxygens (including phenoxy) is 2. The van der Waals surface area contributed by atoms with Crippen molar-refractivity contribution in [2.75, 3.05) is 13.2 Å². The Hall–Kier alpha value is -1.84. The van der Waals surface area contributed by atoms with Crippen LogP contribution in [-0.4, -0.2) is 25.2 Å². The fourth-order valence-corrected chi connectivity index (χ4v) is 2.84. The van der Waals surface area contributed by atoms with Gasteiger partial charge in [-0.1, -0.05) is 85.7 Å². The second-order valence-electron chi connectivity index (χ2n) is 10.5. The predicted molar refractivity (Wildman–Crippen MR) is 113 cm³/mol. The van der Waals surface area contributed by atoms with E-state index in [1.807, 2.05) is 85.7 Å². The molecule has 1 atom stereocenters. The van der Waals surface area contributed by atoms with Gasteiger partial charge in [-0.3, -0.25) is 9.59 Å². The first kappa shape index (κ1) is 24.2. The lowest BCUT2D eigenvalue weighted by Crippen LogP contribution is -2.43. The first-order valence-electron chi connectivity index (χ1n) is 10.1. The molecule has 0 spiro atoms. The van der Waals surface area contributed by atoms with E-state index in [1.165, 1.54) is 0 Å². The van der Waals surface area contributed by atoms with Crippen molar-refractivity contribution in [2.24, 2.45) is 22.2 Å². The zero-order valence-electron chi connectivity index (χ0n) is 18.9. The van der Waals surface area contributed by atoms with Gasteiger partial charge in [-0.2, -0.15) is 0 Å². The maximum Gasteiger partial charge on any atom is 0.313 e. The molecule has 28 heavy (non-hydrogen) atoms. The molecule has 0 saturated carbocycles. The summed E-state index contributed by atoms with van der Waals surface area (Å²) in [6, 6.07) is 9.79. The molecule has 158 valence electrons. The number of carbonyl (C=O) groups is 2. The molecule has 1 aromatic rings. The van der Waals surface area contributed by atoms with E-state index in [-0.39, 0.29) is 35.1 Å². The van der Waals surface area contributed by atoms with E-state index in [0.717, 1.165) is 5.56 Å². The van der Waals surface area contributed by atoms with Gasteiger partial charge in [0.2, 0.25) is 0 Å². The number of carbonyl (C=O) groups excluding carboxylic acids is 2. The molecule has 0 aromatic heterocycles. The van der Waals surface area contributed by atoms with Gasteiger partial charge in [0.1, 0.15) is 0 Å². The van der Waals surface area contributed by atoms with Gasteiger partial charge >= 0.3 is 11.9 Å². The van der Waals surface area contributed by atoms with Crippen molar-refractivity contribution in [1.82, 2.24) is 0 Å². The lowest BCUT2D eigenvalue weighted by Gasteiger charge is -2.36. The minimum atomic E-state index is -0.957. The van der Waals surface area contributed by atoms with E-state index in [1.54, 1.807) is 0 Å². The summed E-state index contributed by atoms with van der Waals surface area (Å²) in [7, 11) is 0. The van der Waals surface area contributed by atoms with Crippen LogP contribution in [0.1, 0.15) is 67.4 Å². The quantitative estimate of drug-likeness (QED) is 0.555. The normalized spacial score (nSPS) is 14.5. The van der Waals surface area contributed by atoms with Gasteiger partial charge in [-0.25, -0.2) is 0 Å². The SMILES string of the molecule is CC(C)C(CC(=O)OCC(C)(C)C)(Cc1ccccc1)C(=O)OCC(C)(C)C. The first-order chi connectivity index (χ1) is 12.8. The van der Waals surface area contributed by atoms with Crippen LogP contribution < -0.4 is 0 Å². The van der Waals surface area contributed by atoms with Crippen molar-refractivity contribution < 1.29 is 19.1 Å². The summed E-state index contributed by atoms with van der Waals surface area (Å²) >= 11 is 0. The summed E-state index contributed by atoms with van der Waals surface area (Å²) in [5.41, 5.74) is -0.213. The van der Waals surface area contributed by atoms with E-state index in [9.17, 15) is 9.59 Å². The molecule has 4 nitrogen and oxygen atoms in total. The van der Waals surface area contributed by atoms with E-state index < -0.39 is 5.41 Å². The molecule has 0 N–H and O–H groups in total. The Labute approximate surface area is 171 Å². The van der Waals surface area contributed by atoms with Crippen molar-refractivity contribution in [2.45, 2.75) is 68.2 Å². The molecule has 0 aliphatic carbocycles. The van der Waals surface area contributed by atoms with Crippen LogP contribution in [0.2, 0.25) is 0 Å². The second kappa shape index (κ2) is 9.58. The third-order valence-electron chi connectivity index (χ3n) is 4.64. The molecule has 0 bridgehead atoms. The van der Waals surface area contributed by atoms with Gasteiger partial charge in [-0.15, -0.1) is 0 Å². The summed E-state index contributed by atoms with van der Waals surface area (Å²) in [6.07, 6.45) is 0.456. The zero-order valence-corrected chi connectivity index (χ0v) is 18.9. The molecule has 0 saturated heterocycles. The zero-order chi connectivity index (χ0) is 21.6. The number of rotatable bonds is 8. The van der Waals surface area contributed by atoms with Crippen LogP contribution in [0.5, 0.6) is 0 Å². The highest BCUT2D eigenvalue weighted by atomic mass is 16.5. The number of hydrogen-bond donors (Lipinski definition) is 0. The van der Waals surface area contributed by atoms with Crippen molar-refractivity contribution in [1.29, 1.82) is 0 Å². The van der Waals surface area contributed by atoms with Crippen LogP contribution in [0, 0.1) is 22.2 Å². The second-order valence-corrected chi connectivity index (χ2v) is 10.5. The van der Waals surface area contributed by atoms with E-state index >= 15 is 0 Å². The molecule has 1 aromatic carbocycles. The fraction of sp³-hybridized carbons (Fsp3) is 0.667. The van der Waals surface area contributed by atoms with Gasteiger partial charge < -0.3 is 9.47 Å². The van der Waals surface area contributed by atoms with Crippen LogP contribution >= 0.6 is 0 Å². The van der Waals surface area contributed by atoms with Crippen LogP contribution in [-0.2, 0) is 25.5 Å². The lowest BCUT2D eigenvalue weighted by atomic mass is 9.70. The van der Waals surface area contributed by atoms with Gasteiger partial charge in [0.25, 0.3) is 0 Å². The topological polar surface area (TPSA) is 52.6 Å². The van der Waals surface area contributed by atoms with Crippen molar-refractivity contribution in [3.8, 4) is 0 Å². The van der Waals surface area contributed by atoms with Crippen LogP contribution in [0.25, 0.3) is 0 Å². The largest absolute Gasteiger partial charge is 0.465 e. The minimum absolute atomic E-state index is 0.0125. The Balaban J connectivity index is 3.13. The van der Waals surface area contributed by atoms with E-state index in [4.69, 9.17) is 9.47 Å².